The molecule has 0 fully saturated rings. The molecule has 5 aromatic heterocycles. The van der Waals surface area contributed by atoms with E-state index < -0.39 is 0 Å². The number of anilines is 2. The van der Waals surface area contributed by atoms with Crippen molar-refractivity contribution >= 4 is 51.2 Å². The fraction of sp³-hybridized carbons (Fsp3) is 0.308. The number of aromatic nitrogens is 8. The van der Waals surface area contributed by atoms with Gasteiger partial charge in [0.2, 0.25) is 0 Å². The highest BCUT2D eigenvalue weighted by Gasteiger charge is 2.16. The van der Waals surface area contributed by atoms with Crippen molar-refractivity contribution in [3.63, 3.8) is 0 Å². The number of nitrogens with two attached hydrogens (primary N) is 4. The Morgan fingerprint density at radius 1 is 1.05 bits per heavy atom. The van der Waals surface area contributed by atoms with Gasteiger partial charge in [0.15, 0.2) is 11.3 Å². The quantitative estimate of drug-likeness (QED) is 0.139. The molecule has 15 heteroatoms. The molecule has 41 heavy (non-hydrogen) atoms. The number of nitrogen functional groups attached to an aromatic ring is 2. The van der Waals surface area contributed by atoms with Gasteiger partial charge in [-0.1, -0.05) is 0 Å². The molecule has 5 heterocycles. The van der Waals surface area contributed by atoms with Crippen LogP contribution in [0.15, 0.2) is 46.6 Å². The normalized spacial score (nSPS) is 11.6. The molecule has 0 unspecified atom stereocenters. The van der Waals surface area contributed by atoms with Crippen molar-refractivity contribution in [2.75, 3.05) is 31.6 Å². The van der Waals surface area contributed by atoms with E-state index in [-0.39, 0.29) is 0 Å². The summed E-state index contributed by atoms with van der Waals surface area (Å²) in [6.45, 7) is 6.60. The number of rotatable bonds is 9. The maximum absolute atomic E-state index is 6.10. The fourth-order valence-electron chi connectivity index (χ4n) is 4.23. The summed E-state index contributed by atoms with van der Waals surface area (Å²) in [6, 6.07) is 1.84. The first-order chi connectivity index (χ1) is 19.7. The van der Waals surface area contributed by atoms with Crippen molar-refractivity contribution in [2.24, 2.45) is 23.6 Å². The van der Waals surface area contributed by atoms with Crippen molar-refractivity contribution in [1.82, 2.24) is 44.0 Å². The van der Waals surface area contributed by atoms with Gasteiger partial charge in [-0.2, -0.15) is 29.4 Å². The second-order valence-corrected chi connectivity index (χ2v) is 10.2. The molecule has 0 radical (unpaired) electrons. The lowest BCUT2D eigenvalue weighted by atomic mass is 10.1. The minimum Gasteiger partial charge on any atom is -0.384 e. The Kier molecular flexibility index (Phi) is 9.31. The Bertz CT molecular complexity index is 1700. The highest BCUT2D eigenvalue weighted by Crippen LogP contribution is 2.29. The Morgan fingerprint density at radius 3 is 2.46 bits per heavy atom. The summed E-state index contributed by atoms with van der Waals surface area (Å²) >= 11 is 3.45. The van der Waals surface area contributed by atoms with E-state index in [0.29, 0.717) is 36.8 Å². The van der Waals surface area contributed by atoms with Crippen molar-refractivity contribution in [1.29, 1.82) is 0 Å². The molecule has 5 rings (SSSR count). The van der Waals surface area contributed by atoms with Gasteiger partial charge in [-0.3, -0.25) is 9.69 Å². The molecule has 8 N–H and O–H groups in total. The molecule has 0 aromatic carbocycles. The van der Waals surface area contributed by atoms with Gasteiger partial charge in [-0.15, -0.1) is 0 Å². The van der Waals surface area contributed by atoms with E-state index in [1.165, 1.54) is 0 Å². The second kappa shape index (κ2) is 12.9. The largest absolute Gasteiger partial charge is 0.384 e. The predicted molar refractivity (Wildman–Crippen MR) is 166 cm³/mol. The van der Waals surface area contributed by atoms with Crippen molar-refractivity contribution in [3.8, 4) is 11.1 Å². The molecule has 0 saturated heterocycles. The van der Waals surface area contributed by atoms with Crippen molar-refractivity contribution < 1.29 is 0 Å². The van der Waals surface area contributed by atoms with Crippen molar-refractivity contribution in [2.45, 2.75) is 26.2 Å². The lowest BCUT2D eigenvalue weighted by molar-refractivity contribution is 0.496. The van der Waals surface area contributed by atoms with E-state index in [1.807, 2.05) is 39.5 Å². The van der Waals surface area contributed by atoms with Gasteiger partial charge in [0.1, 0.15) is 11.6 Å². The van der Waals surface area contributed by atoms with Gasteiger partial charge in [0.05, 0.1) is 28.8 Å². The number of hydrazone groups is 1. The molecule has 0 bridgehead atoms. The second-order valence-electron chi connectivity index (χ2n) is 9.38. The summed E-state index contributed by atoms with van der Waals surface area (Å²) in [5, 5.41) is 18.2. The van der Waals surface area contributed by atoms with Crippen LogP contribution in [-0.2, 0) is 19.9 Å². The zero-order valence-electron chi connectivity index (χ0n) is 23.4. The molecule has 5 aromatic rings. The maximum atomic E-state index is 6.10. The Balaban J connectivity index is 0.000000189. The molecule has 0 atom stereocenters. The maximum Gasteiger partial charge on any atom is 0.165 e. The molecule has 0 spiro atoms. The van der Waals surface area contributed by atoms with E-state index in [1.54, 1.807) is 37.3 Å². The molecule has 216 valence electrons. The van der Waals surface area contributed by atoms with Crippen LogP contribution in [0.3, 0.4) is 0 Å². The highest BCUT2D eigenvalue weighted by molar-refractivity contribution is 9.10. The molecule has 0 aliphatic rings. The molecular weight excluding hydrogens is 588 g/mol. The first kappa shape index (κ1) is 29.6. The van der Waals surface area contributed by atoms with E-state index in [0.717, 1.165) is 56.6 Å². The fourth-order valence-corrected chi connectivity index (χ4v) is 4.68. The first-order valence-electron chi connectivity index (χ1n) is 12.9. The third-order valence-corrected chi connectivity index (χ3v) is 7.17. The third kappa shape index (κ3) is 6.37. The lowest BCUT2D eigenvalue weighted by Crippen LogP contribution is -2.10. The van der Waals surface area contributed by atoms with Gasteiger partial charge in [-0.25, -0.2) is 9.97 Å². The summed E-state index contributed by atoms with van der Waals surface area (Å²) in [5.74, 6) is 1.09. The average Bonchev–Trinajstić information content (AvgIpc) is 3.69. The van der Waals surface area contributed by atoms with E-state index in [9.17, 15) is 0 Å². The number of hydrogen-bond acceptors (Lipinski definition) is 11. The van der Waals surface area contributed by atoms with Gasteiger partial charge < -0.3 is 22.9 Å². The zero-order valence-corrected chi connectivity index (χ0v) is 25.0. The van der Waals surface area contributed by atoms with E-state index in [2.05, 4.69) is 53.0 Å². The van der Waals surface area contributed by atoms with Crippen LogP contribution in [0, 0.1) is 0 Å². The number of fused-ring (bicyclic) bond motifs is 2. The van der Waals surface area contributed by atoms with Crippen LogP contribution in [0.1, 0.15) is 30.3 Å². The Morgan fingerprint density at radius 2 is 1.80 bits per heavy atom. The van der Waals surface area contributed by atoms with E-state index >= 15 is 0 Å². The van der Waals surface area contributed by atoms with Gasteiger partial charge in [0.25, 0.3) is 0 Å². The zero-order chi connectivity index (χ0) is 29.7. The number of allylic oxidation sites excluding steroid dienone is 1. The molecule has 0 saturated carbocycles. The summed E-state index contributed by atoms with van der Waals surface area (Å²) in [6.07, 6.45) is 11.4. The average molecular weight is 624 g/mol. The Hall–Kier alpha value is -4.34. The monoisotopic (exact) mass is 622 g/mol. The van der Waals surface area contributed by atoms with Crippen LogP contribution in [0.25, 0.3) is 28.0 Å². The van der Waals surface area contributed by atoms with E-state index in [4.69, 9.17) is 22.9 Å². The van der Waals surface area contributed by atoms with Crippen molar-refractivity contribution in [3.05, 3.63) is 58.5 Å². The third-order valence-electron chi connectivity index (χ3n) is 6.31. The standard InChI is InChI=1S/C14H21N7.C12H14BrN7/c1-10(9-20(3)17-2)12-8-18-21-13(16)7-11(5-4-6-15)19-14(12)21;1-19-6-7(4-16-19)8-5-17-20-11(15)10(13)9(2-3-14)18-12(8)20/h7-9H,2,4-6,15-16H2,1,3H3;4-6H,2-3,14-15H2,1H3/b10-9+;. The summed E-state index contributed by atoms with van der Waals surface area (Å²) in [5.41, 5.74) is 30.3. The molecule has 14 nitrogen and oxygen atoms in total. The topological polar surface area (TPSA) is 198 Å². The first-order valence-corrected chi connectivity index (χ1v) is 13.7. The summed E-state index contributed by atoms with van der Waals surface area (Å²) in [4.78, 5) is 9.27. The summed E-state index contributed by atoms with van der Waals surface area (Å²) in [7, 11) is 3.68. The molecule has 0 aliphatic heterocycles. The Labute approximate surface area is 245 Å². The highest BCUT2D eigenvalue weighted by atomic mass is 79.9. The van der Waals surface area contributed by atoms with Crippen LogP contribution >= 0.6 is 15.9 Å². The van der Waals surface area contributed by atoms with Crippen LogP contribution in [-0.4, -0.2) is 70.8 Å². The number of nitrogens with zero attached hydrogens (tertiary/aromatic N) is 10. The van der Waals surface area contributed by atoms with Crippen LogP contribution in [0.5, 0.6) is 0 Å². The smallest absolute Gasteiger partial charge is 0.165 e. The molecule has 0 amide bonds. The van der Waals surface area contributed by atoms with Gasteiger partial charge >= 0.3 is 0 Å². The lowest BCUT2D eigenvalue weighted by Gasteiger charge is -2.08. The summed E-state index contributed by atoms with van der Waals surface area (Å²) < 4.78 is 5.74. The van der Waals surface area contributed by atoms with Crippen LogP contribution < -0.4 is 22.9 Å². The van der Waals surface area contributed by atoms with Gasteiger partial charge in [-0.05, 0) is 54.4 Å². The van der Waals surface area contributed by atoms with Crippen LogP contribution in [0.4, 0.5) is 11.6 Å². The SMILES string of the molecule is C=NN(C)/C=C(\C)c1cnn2c(N)cc(CCCN)nc12.Cn1cc(-c2cnn3c(N)c(Br)c(CCN)nc23)cn1. The molecular formula is C26H35BrN14. The minimum absolute atomic E-state index is 0.511. The number of halogens is 1. The van der Waals surface area contributed by atoms with Gasteiger partial charge in [0, 0.05) is 68.1 Å². The minimum atomic E-state index is 0.511. The predicted octanol–water partition coefficient (Wildman–Crippen LogP) is 2.09. The number of aryl methyl sites for hydroxylation is 2. The van der Waals surface area contributed by atoms with Crippen LogP contribution in [0.2, 0.25) is 0 Å². The molecule has 0 aliphatic carbocycles. The number of hydrogen-bond donors (Lipinski definition) is 4.